The van der Waals surface area contributed by atoms with E-state index < -0.39 is 22.2 Å². The minimum atomic E-state index is -3.54. The summed E-state index contributed by atoms with van der Waals surface area (Å²) < 4.78 is 37.1. The minimum Gasteiger partial charge on any atom is -0.467 e. The van der Waals surface area contributed by atoms with E-state index in [4.69, 9.17) is 13.7 Å². The molecule has 0 bridgehead atoms. The van der Waals surface area contributed by atoms with Crippen LogP contribution in [0.15, 0.2) is 78.9 Å². The largest absolute Gasteiger partial charge is 0.467 e. The number of ether oxygens (including phenoxy) is 2. The Kier molecular flexibility index (Phi) is 9.59. The molecule has 0 aliphatic carbocycles. The molecule has 0 aliphatic rings. The molecule has 1 N–H and O–H groups in total. The van der Waals surface area contributed by atoms with Gasteiger partial charge in [0, 0.05) is 24.8 Å². The van der Waals surface area contributed by atoms with E-state index in [0.717, 1.165) is 22.9 Å². The van der Waals surface area contributed by atoms with Gasteiger partial charge < -0.3 is 19.0 Å². The van der Waals surface area contributed by atoms with Crippen LogP contribution in [-0.2, 0) is 37.2 Å². The van der Waals surface area contributed by atoms with Gasteiger partial charge in [-0.25, -0.2) is 4.79 Å². The smallest absolute Gasteiger partial charge is 0.335 e. The molecule has 0 fully saturated rings. The maximum atomic E-state index is 12.6. The molecule has 9 heteroatoms. The van der Waals surface area contributed by atoms with Crippen LogP contribution < -0.4 is 9.50 Å². The summed E-state index contributed by atoms with van der Waals surface area (Å²) in [6.45, 7) is 0. The first kappa shape index (κ1) is 27.6. The van der Waals surface area contributed by atoms with Gasteiger partial charge in [0.1, 0.15) is 5.75 Å². The molecular formula is C28H29NO7S. The Morgan fingerprint density at radius 3 is 2.08 bits per heavy atom. The van der Waals surface area contributed by atoms with Gasteiger partial charge in [0.05, 0.1) is 13.4 Å². The number of carbonyl (C=O) groups is 2. The van der Waals surface area contributed by atoms with Crippen molar-refractivity contribution in [2.75, 3.05) is 25.8 Å². The summed E-state index contributed by atoms with van der Waals surface area (Å²) in [5, 5.41) is 2.88. The van der Waals surface area contributed by atoms with Crippen LogP contribution in [0.4, 0.5) is 5.69 Å². The first-order chi connectivity index (χ1) is 17.7. The summed E-state index contributed by atoms with van der Waals surface area (Å²) in [6.07, 6.45) is 5.28. The van der Waals surface area contributed by atoms with Gasteiger partial charge in [0.15, 0.2) is 6.10 Å². The summed E-state index contributed by atoms with van der Waals surface area (Å²) in [5.74, 6) is -0.413. The molecule has 0 radical (unpaired) electrons. The first-order valence-electron chi connectivity index (χ1n) is 11.4. The third-order valence-electron chi connectivity index (χ3n) is 5.39. The van der Waals surface area contributed by atoms with Crippen molar-refractivity contribution < 1.29 is 31.7 Å². The van der Waals surface area contributed by atoms with Crippen LogP contribution in [0.3, 0.4) is 0 Å². The number of anilines is 1. The average Bonchev–Trinajstić information content (AvgIpc) is 2.88. The molecule has 0 saturated heterocycles. The maximum absolute atomic E-state index is 12.6. The van der Waals surface area contributed by atoms with E-state index in [1.165, 1.54) is 14.2 Å². The van der Waals surface area contributed by atoms with E-state index in [-0.39, 0.29) is 11.7 Å². The second-order valence-electron chi connectivity index (χ2n) is 8.26. The Labute approximate surface area is 217 Å². The lowest BCUT2D eigenvalue weighted by Gasteiger charge is -2.13. The van der Waals surface area contributed by atoms with Gasteiger partial charge in [0.2, 0.25) is 0 Å². The fourth-order valence-corrected chi connectivity index (χ4v) is 3.93. The second-order valence-corrected chi connectivity index (χ2v) is 9.84. The highest BCUT2D eigenvalue weighted by Gasteiger charge is 2.19. The molecule has 0 aliphatic heterocycles. The van der Waals surface area contributed by atoms with E-state index in [2.05, 4.69) is 5.32 Å². The molecule has 1 amide bonds. The molecule has 0 heterocycles. The Morgan fingerprint density at radius 1 is 0.892 bits per heavy atom. The maximum Gasteiger partial charge on any atom is 0.335 e. The molecule has 0 spiro atoms. The van der Waals surface area contributed by atoms with Crippen molar-refractivity contribution in [3.05, 3.63) is 101 Å². The number of allylic oxidation sites excluding steroid dienone is 1. The van der Waals surface area contributed by atoms with Crippen molar-refractivity contribution in [3.8, 4) is 5.75 Å². The quantitative estimate of drug-likeness (QED) is 0.295. The lowest BCUT2D eigenvalue weighted by molar-refractivity contribution is -0.152. The SMILES string of the molecule is COC(=O)C(Cc1ccc(C(=O)Nc2ccc(C/C=C/c3ccc(OS(C)(=O)=O)cc3)cc2)cc1)OC. The first-order valence-corrected chi connectivity index (χ1v) is 13.2. The number of carbonyl (C=O) groups excluding carboxylic acids is 2. The molecular weight excluding hydrogens is 494 g/mol. The molecule has 3 aromatic carbocycles. The predicted octanol–water partition coefficient (Wildman–Crippen LogP) is 4.26. The Balaban J connectivity index is 1.51. The molecule has 37 heavy (non-hydrogen) atoms. The number of nitrogens with one attached hydrogen (secondary N) is 1. The van der Waals surface area contributed by atoms with Gasteiger partial charge >= 0.3 is 16.1 Å². The van der Waals surface area contributed by atoms with Crippen LogP contribution in [0.2, 0.25) is 0 Å². The molecule has 0 aromatic heterocycles. The number of hydrogen-bond acceptors (Lipinski definition) is 7. The molecule has 0 saturated carbocycles. The Hall–Kier alpha value is -3.95. The van der Waals surface area contributed by atoms with Gasteiger partial charge in [-0.1, -0.05) is 48.6 Å². The Bertz CT molecular complexity index is 1330. The summed E-state index contributed by atoms with van der Waals surface area (Å²) in [4.78, 5) is 24.3. The number of rotatable bonds is 11. The molecule has 1 atom stereocenters. The van der Waals surface area contributed by atoms with Crippen molar-refractivity contribution >= 4 is 33.8 Å². The summed E-state index contributed by atoms with van der Waals surface area (Å²) in [5.41, 5.74) is 4.00. The lowest BCUT2D eigenvalue weighted by Crippen LogP contribution is -2.26. The zero-order chi connectivity index (χ0) is 26.8. The van der Waals surface area contributed by atoms with E-state index in [9.17, 15) is 18.0 Å². The number of methoxy groups -OCH3 is 2. The van der Waals surface area contributed by atoms with Gasteiger partial charge in [0.25, 0.3) is 5.91 Å². The summed E-state index contributed by atoms with van der Waals surface area (Å²) in [6, 6.07) is 21.3. The van der Waals surface area contributed by atoms with Crippen LogP contribution in [0, 0.1) is 0 Å². The third-order valence-corrected chi connectivity index (χ3v) is 5.88. The number of hydrogen-bond donors (Lipinski definition) is 1. The van der Waals surface area contributed by atoms with Crippen molar-refractivity contribution in [2.24, 2.45) is 0 Å². The van der Waals surface area contributed by atoms with Crippen molar-refractivity contribution in [1.29, 1.82) is 0 Å². The van der Waals surface area contributed by atoms with Crippen molar-refractivity contribution in [1.82, 2.24) is 0 Å². The predicted molar refractivity (Wildman–Crippen MR) is 142 cm³/mol. The van der Waals surface area contributed by atoms with E-state index >= 15 is 0 Å². The lowest BCUT2D eigenvalue weighted by atomic mass is 10.1. The van der Waals surface area contributed by atoms with Crippen molar-refractivity contribution in [3.63, 3.8) is 0 Å². The molecule has 3 aromatic rings. The van der Waals surface area contributed by atoms with E-state index in [1.54, 1.807) is 48.5 Å². The van der Waals surface area contributed by atoms with E-state index in [0.29, 0.717) is 24.1 Å². The number of esters is 1. The van der Waals surface area contributed by atoms with Gasteiger partial charge in [-0.05, 0) is 59.5 Å². The molecule has 8 nitrogen and oxygen atoms in total. The Morgan fingerprint density at radius 2 is 1.51 bits per heavy atom. The highest BCUT2D eigenvalue weighted by molar-refractivity contribution is 7.86. The van der Waals surface area contributed by atoms with E-state index in [1.807, 2.05) is 36.4 Å². The third kappa shape index (κ3) is 8.89. The second kappa shape index (κ2) is 12.8. The zero-order valence-corrected chi connectivity index (χ0v) is 21.7. The van der Waals surface area contributed by atoms with Crippen LogP contribution in [-0.4, -0.2) is 46.9 Å². The van der Waals surface area contributed by atoms with Gasteiger partial charge in [-0.3, -0.25) is 4.79 Å². The summed E-state index contributed by atoms with van der Waals surface area (Å²) >= 11 is 0. The van der Waals surface area contributed by atoms with Crippen LogP contribution >= 0.6 is 0 Å². The fraction of sp³-hybridized carbons (Fsp3) is 0.214. The van der Waals surface area contributed by atoms with Crippen LogP contribution in [0.25, 0.3) is 6.08 Å². The molecule has 194 valence electrons. The van der Waals surface area contributed by atoms with Gasteiger partial charge in [-0.15, -0.1) is 0 Å². The number of amides is 1. The zero-order valence-electron chi connectivity index (χ0n) is 20.8. The number of benzene rings is 3. The summed E-state index contributed by atoms with van der Waals surface area (Å²) in [7, 11) is -0.781. The highest BCUT2D eigenvalue weighted by Crippen LogP contribution is 2.17. The standard InChI is InChI=1S/C28H29NO7S/c1-34-26(28(31)35-2)19-22-7-13-23(14-8-22)27(30)29-24-15-9-20(10-16-24)5-4-6-21-11-17-25(18-12-21)36-37(3,32)33/h4,6-18,26H,5,19H2,1-3H3,(H,29,30)/b6-4+. The normalized spacial score (nSPS) is 12.2. The fourth-order valence-electron chi connectivity index (χ4n) is 3.47. The monoisotopic (exact) mass is 523 g/mol. The van der Waals surface area contributed by atoms with Crippen molar-refractivity contribution in [2.45, 2.75) is 18.9 Å². The average molecular weight is 524 g/mol. The van der Waals surface area contributed by atoms with Crippen LogP contribution in [0.1, 0.15) is 27.0 Å². The van der Waals surface area contributed by atoms with Crippen LogP contribution in [0.5, 0.6) is 5.75 Å². The molecule has 3 rings (SSSR count). The highest BCUT2D eigenvalue weighted by atomic mass is 32.2. The van der Waals surface area contributed by atoms with Gasteiger partial charge in [-0.2, -0.15) is 8.42 Å². The topological polar surface area (TPSA) is 108 Å². The minimum absolute atomic E-state index is 0.237. The molecule has 1 unspecified atom stereocenters.